The van der Waals surface area contributed by atoms with E-state index in [-0.39, 0.29) is 15.9 Å². The summed E-state index contributed by atoms with van der Waals surface area (Å²) in [5.74, 6) is -1.13. The Kier molecular flexibility index (Phi) is 4.15. The lowest BCUT2D eigenvalue weighted by molar-refractivity contribution is 0.0696. The molecule has 1 saturated carbocycles. The van der Waals surface area contributed by atoms with Gasteiger partial charge in [0.25, 0.3) is 0 Å². The predicted octanol–water partition coefficient (Wildman–Crippen LogP) is 2.24. The number of carboxylic acid groups (broad SMARTS) is 1. The average Bonchev–Trinajstić information content (AvgIpc) is 2.84. The van der Waals surface area contributed by atoms with E-state index in [1.54, 1.807) is 0 Å². The zero-order valence-corrected chi connectivity index (χ0v) is 12.2. The van der Waals surface area contributed by atoms with Gasteiger partial charge in [-0.05, 0) is 36.5 Å². The average molecular weight is 297 g/mol. The van der Waals surface area contributed by atoms with Crippen molar-refractivity contribution in [3.63, 3.8) is 0 Å². The highest BCUT2D eigenvalue weighted by molar-refractivity contribution is 7.89. The van der Waals surface area contributed by atoms with Crippen LogP contribution in [0.25, 0.3) is 0 Å². The van der Waals surface area contributed by atoms with E-state index < -0.39 is 16.0 Å². The van der Waals surface area contributed by atoms with Crippen LogP contribution in [0, 0.1) is 5.41 Å². The highest BCUT2D eigenvalue weighted by atomic mass is 32.2. The third-order valence-electron chi connectivity index (χ3n) is 3.89. The summed E-state index contributed by atoms with van der Waals surface area (Å²) >= 11 is 0. The minimum atomic E-state index is -3.66. The molecule has 1 fully saturated rings. The number of rotatable bonds is 5. The van der Waals surface area contributed by atoms with Gasteiger partial charge < -0.3 is 5.11 Å². The van der Waals surface area contributed by atoms with E-state index >= 15 is 0 Å². The number of carboxylic acids is 1. The Hall–Kier alpha value is -1.40. The van der Waals surface area contributed by atoms with Gasteiger partial charge in [0, 0.05) is 6.54 Å². The molecule has 1 aromatic carbocycles. The van der Waals surface area contributed by atoms with Crippen molar-refractivity contribution in [3.8, 4) is 0 Å². The van der Waals surface area contributed by atoms with E-state index in [1.807, 2.05) is 0 Å². The van der Waals surface area contributed by atoms with Crippen LogP contribution < -0.4 is 4.72 Å². The fourth-order valence-electron chi connectivity index (χ4n) is 2.55. The molecule has 1 aliphatic carbocycles. The van der Waals surface area contributed by atoms with E-state index in [0.29, 0.717) is 6.54 Å². The lowest BCUT2D eigenvalue weighted by Crippen LogP contribution is -2.34. The largest absolute Gasteiger partial charge is 0.478 e. The minimum Gasteiger partial charge on any atom is -0.478 e. The van der Waals surface area contributed by atoms with Crippen molar-refractivity contribution in [1.82, 2.24) is 4.72 Å². The van der Waals surface area contributed by atoms with Gasteiger partial charge in [0.2, 0.25) is 10.0 Å². The molecule has 0 spiro atoms. The molecule has 0 unspecified atom stereocenters. The van der Waals surface area contributed by atoms with Crippen LogP contribution in [0.2, 0.25) is 0 Å². The summed E-state index contributed by atoms with van der Waals surface area (Å²) in [7, 11) is -3.66. The normalized spacial score (nSPS) is 18.1. The summed E-state index contributed by atoms with van der Waals surface area (Å²) in [4.78, 5) is 10.9. The van der Waals surface area contributed by atoms with E-state index in [0.717, 1.165) is 25.7 Å². The predicted molar refractivity (Wildman–Crippen MR) is 75.2 cm³/mol. The number of hydrogen-bond acceptors (Lipinski definition) is 3. The summed E-state index contributed by atoms with van der Waals surface area (Å²) in [5, 5.41) is 8.90. The maximum Gasteiger partial charge on any atom is 0.335 e. The van der Waals surface area contributed by atoms with Gasteiger partial charge >= 0.3 is 5.97 Å². The summed E-state index contributed by atoms with van der Waals surface area (Å²) < 4.78 is 27.0. The van der Waals surface area contributed by atoms with Crippen LogP contribution in [0.5, 0.6) is 0 Å². The van der Waals surface area contributed by atoms with Gasteiger partial charge in [-0.3, -0.25) is 0 Å². The van der Waals surface area contributed by atoms with Crippen LogP contribution in [-0.4, -0.2) is 26.0 Å². The molecule has 110 valence electrons. The van der Waals surface area contributed by atoms with Gasteiger partial charge in [-0.1, -0.05) is 25.8 Å². The molecule has 0 aliphatic heterocycles. The molecule has 0 amide bonds. The molecule has 2 rings (SSSR count). The molecule has 6 heteroatoms. The van der Waals surface area contributed by atoms with Gasteiger partial charge in [0.1, 0.15) is 0 Å². The van der Waals surface area contributed by atoms with Crippen molar-refractivity contribution in [2.24, 2.45) is 5.41 Å². The molecular formula is C14H19NO4S. The molecule has 2 N–H and O–H groups in total. The van der Waals surface area contributed by atoms with Crippen LogP contribution >= 0.6 is 0 Å². The first-order valence-corrected chi connectivity index (χ1v) is 8.14. The van der Waals surface area contributed by atoms with Crippen LogP contribution in [0.1, 0.15) is 43.0 Å². The van der Waals surface area contributed by atoms with Crippen LogP contribution in [0.3, 0.4) is 0 Å². The molecule has 20 heavy (non-hydrogen) atoms. The number of benzene rings is 1. The topological polar surface area (TPSA) is 83.5 Å². The molecule has 0 saturated heterocycles. The van der Waals surface area contributed by atoms with Crippen molar-refractivity contribution >= 4 is 16.0 Å². The minimum absolute atomic E-state index is 0.000929. The summed E-state index contributed by atoms with van der Waals surface area (Å²) in [6, 6.07) is 5.41. The Morgan fingerprint density at radius 1 is 1.35 bits per heavy atom. The van der Waals surface area contributed by atoms with Gasteiger partial charge in [-0.15, -0.1) is 0 Å². The maximum absolute atomic E-state index is 12.2. The van der Waals surface area contributed by atoms with Crippen LogP contribution in [0.4, 0.5) is 0 Å². The number of aromatic carboxylic acids is 1. The zero-order chi connectivity index (χ0) is 14.8. The maximum atomic E-state index is 12.2. The molecule has 0 aromatic heterocycles. The Bertz CT molecular complexity index is 603. The molecule has 1 aromatic rings. The Balaban J connectivity index is 2.14. The summed E-state index contributed by atoms with van der Waals surface area (Å²) in [6.45, 7) is 2.48. The Morgan fingerprint density at radius 3 is 2.60 bits per heavy atom. The van der Waals surface area contributed by atoms with Gasteiger partial charge in [-0.2, -0.15) is 0 Å². The first-order chi connectivity index (χ1) is 9.32. The van der Waals surface area contributed by atoms with Crippen molar-refractivity contribution in [2.45, 2.75) is 37.5 Å². The molecule has 0 bridgehead atoms. The molecule has 5 nitrogen and oxygen atoms in total. The fraction of sp³-hybridized carbons (Fsp3) is 0.500. The third-order valence-corrected chi connectivity index (χ3v) is 5.29. The lowest BCUT2D eigenvalue weighted by Gasteiger charge is -2.23. The van der Waals surface area contributed by atoms with E-state index in [1.165, 1.54) is 24.3 Å². The van der Waals surface area contributed by atoms with E-state index in [4.69, 9.17) is 5.11 Å². The second kappa shape index (κ2) is 5.54. The second-order valence-corrected chi connectivity index (χ2v) is 7.44. The van der Waals surface area contributed by atoms with Crippen molar-refractivity contribution in [2.75, 3.05) is 6.54 Å². The number of carbonyl (C=O) groups is 1. The molecule has 0 heterocycles. The second-order valence-electron chi connectivity index (χ2n) is 5.68. The monoisotopic (exact) mass is 297 g/mol. The molecular weight excluding hydrogens is 278 g/mol. The zero-order valence-electron chi connectivity index (χ0n) is 11.4. The summed E-state index contributed by atoms with van der Waals surface area (Å²) in [6.07, 6.45) is 4.30. The first-order valence-electron chi connectivity index (χ1n) is 6.65. The van der Waals surface area contributed by atoms with Crippen molar-refractivity contribution in [1.29, 1.82) is 0 Å². The Morgan fingerprint density at radius 2 is 2.00 bits per heavy atom. The highest BCUT2D eigenvalue weighted by Crippen LogP contribution is 2.36. The third kappa shape index (κ3) is 3.37. The fourth-order valence-corrected chi connectivity index (χ4v) is 3.80. The Labute approximate surface area is 119 Å². The number of sulfonamides is 1. The van der Waals surface area contributed by atoms with Gasteiger partial charge in [-0.25, -0.2) is 17.9 Å². The van der Waals surface area contributed by atoms with Crippen molar-refractivity contribution < 1.29 is 18.3 Å². The smallest absolute Gasteiger partial charge is 0.335 e. The number of nitrogens with one attached hydrogen (secondary N) is 1. The van der Waals surface area contributed by atoms with Gasteiger partial charge in [0.05, 0.1) is 10.5 Å². The van der Waals surface area contributed by atoms with Crippen molar-refractivity contribution in [3.05, 3.63) is 29.8 Å². The summed E-state index contributed by atoms with van der Waals surface area (Å²) in [5.41, 5.74) is -0.0164. The highest BCUT2D eigenvalue weighted by Gasteiger charge is 2.30. The van der Waals surface area contributed by atoms with Crippen LogP contribution in [0.15, 0.2) is 29.2 Å². The number of hydrogen-bond donors (Lipinski definition) is 2. The van der Waals surface area contributed by atoms with Crippen LogP contribution in [-0.2, 0) is 10.0 Å². The quantitative estimate of drug-likeness (QED) is 0.873. The molecule has 1 aliphatic rings. The van der Waals surface area contributed by atoms with E-state index in [9.17, 15) is 13.2 Å². The first kappa shape index (κ1) is 15.0. The van der Waals surface area contributed by atoms with Gasteiger partial charge in [0.15, 0.2) is 0 Å². The molecule has 0 atom stereocenters. The molecule has 0 radical (unpaired) electrons. The SMILES string of the molecule is CC1(CNS(=O)(=O)c2cccc(C(=O)O)c2)CCCC1. The standard InChI is InChI=1S/C14H19NO4S/c1-14(7-2-3-8-14)10-15-20(18,19)12-6-4-5-11(9-12)13(16)17/h4-6,9,15H,2-3,7-8,10H2,1H3,(H,16,17). The van der Waals surface area contributed by atoms with E-state index in [2.05, 4.69) is 11.6 Å². The lowest BCUT2D eigenvalue weighted by atomic mass is 9.89.